The fourth-order valence-corrected chi connectivity index (χ4v) is 11.0. The monoisotopic (exact) mass is 852 g/mol. The fourth-order valence-electron chi connectivity index (χ4n) is 11.0. The highest BCUT2D eigenvalue weighted by molar-refractivity contribution is 6.10. The number of hydrogen-bond acceptors (Lipinski definition) is 1. The second-order valence-electron chi connectivity index (χ2n) is 17.7. The van der Waals surface area contributed by atoms with Crippen molar-refractivity contribution in [3.05, 3.63) is 289 Å². The van der Waals surface area contributed by atoms with Crippen molar-refractivity contribution in [3.63, 3.8) is 0 Å². The van der Waals surface area contributed by atoms with E-state index in [0.29, 0.717) is 0 Å². The summed E-state index contributed by atoms with van der Waals surface area (Å²) in [5.74, 6) is 0. The third-order valence-electron chi connectivity index (χ3n) is 14.1. The summed E-state index contributed by atoms with van der Waals surface area (Å²) >= 11 is 0. The molecule has 0 bridgehead atoms. The Kier molecular flexibility index (Phi) is 9.11. The van der Waals surface area contributed by atoms with Crippen LogP contribution in [0.1, 0.15) is 22.3 Å². The molecule has 11 aromatic carbocycles. The van der Waals surface area contributed by atoms with Crippen LogP contribution in [-0.4, -0.2) is 4.57 Å². The second-order valence-corrected chi connectivity index (χ2v) is 17.7. The summed E-state index contributed by atoms with van der Waals surface area (Å²) in [7, 11) is 0. The van der Waals surface area contributed by atoms with Crippen LogP contribution < -0.4 is 4.90 Å². The number of para-hydroxylation sites is 1. The van der Waals surface area contributed by atoms with E-state index in [0.717, 1.165) is 22.7 Å². The molecule has 0 fully saturated rings. The molecule has 2 nitrogen and oxygen atoms in total. The third kappa shape index (κ3) is 6.26. The largest absolute Gasteiger partial charge is 0.310 e. The van der Waals surface area contributed by atoms with Gasteiger partial charge in [0.25, 0.3) is 0 Å². The number of benzene rings is 11. The highest BCUT2D eigenvalue weighted by Gasteiger charge is 2.46. The Bertz CT molecular complexity index is 3740. The van der Waals surface area contributed by atoms with E-state index in [1.54, 1.807) is 0 Å². The normalized spacial score (nSPS) is 12.6. The smallest absolute Gasteiger partial charge is 0.0713 e. The molecule has 67 heavy (non-hydrogen) atoms. The van der Waals surface area contributed by atoms with Gasteiger partial charge in [-0.2, -0.15) is 0 Å². The Balaban J connectivity index is 0.906. The molecule has 1 aliphatic carbocycles. The Morgan fingerprint density at radius 3 is 1.54 bits per heavy atom. The highest BCUT2D eigenvalue weighted by atomic mass is 15.1. The average Bonchev–Trinajstić information content (AvgIpc) is 3.90. The zero-order valence-electron chi connectivity index (χ0n) is 36.8. The van der Waals surface area contributed by atoms with Crippen LogP contribution in [0, 0.1) is 0 Å². The summed E-state index contributed by atoms with van der Waals surface area (Å²) in [5.41, 5.74) is 18.9. The third-order valence-corrected chi connectivity index (χ3v) is 14.1. The van der Waals surface area contributed by atoms with E-state index in [4.69, 9.17) is 0 Å². The molecule has 0 aliphatic heterocycles. The van der Waals surface area contributed by atoms with E-state index in [1.807, 2.05) is 0 Å². The first kappa shape index (κ1) is 38.7. The van der Waals surface area contributed by atoms with E-state index < -0.39 is 5.41 Å². The van der Waals surface area contributed by atoms with Crippen LogP contribution in [0.2, 0.25) is 0 Å². The van der Waals surface area contributed by atoms with Gasteiger partial charge in [0.1, 0.15) is 0 Å². The molecule has 2 heteroatoms. The lowest BCUT2D eigenvalue weighted by molar-refractivity contribution is 0.768. The van der Waals surface area contributed by atoms with Crippen molar-refractivity contribution in [1.29, 1.82) is 0 Å². The summed E-state index contributed by atoms with van der Waals surface area (Å²) in [4.78, 5) is 2.36. The predicted molar refractivity (Wildman–Crippen MR) is 281 cm³/mol. The van der Waals surface area contributed by atoms with E-state index in [1.165, 1.54) is 88.2 Å². The highest BCUT2D eigenvalue weighted by Crippen LogP contribution is 2.56. The van der Waals surface area contributed by atoms with Crippen LogP contribution in [-0.2, 0) is 5.41 Å². The lowest BCUT2D eigenvalue weighted by Gasteiger charge is -2.33. The maximum Gasteiger partial charge on any atom is 0.0713 e. The van der Waals surface area contributed by atoms with Crippen LogP contribution in [0.15, 0.2) is 267 Å². The molecule has 0 spiro atoms. The van der Waals surface area contributed by atoms with E-state index >= 15 is 0 Å². The molecule has 1 aliphatic rings. The standard InChI is InChI=1S/C65H44N2/c1-4-16-45(17-5-1)47-28-34-53(35-29-47)66(55-38-32-46-18-10-11-19-49(46)42-55)54-36-30-48(31-37-54)50-33-41-64-60(43-50)58-25-13-15-27-63(58)67(64)56-39-40-62-59(44-56)57-24-12-14-26-61(57)65(62,51-20-6-2-7-21-51)52-22-8-3-9-23-52/h1-44H. The molecule has 1 heterocycles. The first-order chi connectivity index (χ1) is 33.2. The number of anilines is 3. The van der Waals surface area contributed by atoms with E-state index in [-0.39, 0.29) is 0 Å². The van der Waals surface area contributed by atoms with Crippen molar-refractivity contribution in [2.24, 2.45) is 0 Å². The van der Waals surface area contributed by atoms with Crippen LogP contribution in [0.4, 0.5) is 17.1 Å². The number of nitrogens with zero attached hydrogens (tertiary/aromatic N) is 2. The maximum atomic E-state index is 2.45. The molecule has 0 radical (unpaired) electrons. The van der Waals surface area contributed by atoms with Crippen molar-refractivity contribution < 1.29 is 0 Å². The Labute approximate surface area is 390 Å². The average molecular weight is 853 g/mol. The molecule has 314 valence electrons. The zero-order valence-corrected chi connectivity index (χ0v) is 36.8. The number of hydrogen-bond donors (Lipinski definition) is 0. The van der Waals surface area contributed by atoms with Gasteiger partial charge in [0.05, 0.1) is 16.4 Å². The molecule has 13 rings (SSSR count). The predicted octanol–water partition coefficient (Wildman–Crippen LogP) is 17.1. The topological polar surface area (TPSA) is 8.17 Å². The van der Waals surface area contributed by atoms with Gasteiger partial charge >= 0.3 is 0 Å². The van der Waals surface area contributed by atoms with Crippen LogP contribution in [0.3, 0.4) is 0 Å². The van der Waals surface area contributed by atoms with Gasteiger partial charge in [-0.1, -0.05) is 200 Å². The molecule has 0 N–H and O–H groups in total. The van der Waals surface area contributed by atoms with Crippen molar-refractivity contribution in [3.8, 4) is 39.1 Å². The molecule has 0 atom stereocenters. The number of rotatable bonds is 8. The van der Waals surface area contributed by atoms with Crippen LogP contribution in [0.25, 0.3) is 71.6 Å². The Morgan fingerprint density at radius 2 is 0.821 bits per heavy atom. The molecule has 1 aromatic heterocycles. The molecular weight excluding hydrogens is 809 g/mol. The molecule has 0 amide bonds. The molecular formula is C65H44N2. The molecule has 0 saturated carbocycles. The lowest BCUT2D eigenvalue weighted by Crippen LogP contribution is -2.28. The van der Waals surface area contributed by atoms with Gasteiger partial charge in [-0.05, 0) is 133 Å². The zero-order chi connectivity index (χ0) is 44.3. The second kappa shape index (κ2) is 15.8. The first-order valence-corrected chi connectivity index (χ1v) is 23.2. The van der Waals surface area contributed by atoms with Gasteiger partial charge in [-0.15, -0.1) is 0 Å². The number of aromatic nitrogens is 1. The van der Waals surface area contributed by atoms with Crippen molar-refractivity contribution in [2.75, 3.05) is 4.90 Å². The van der Waals surface area contributed by atoms with Gasteiger partial charge in [0, 0.05) is 33.5 Å². The summed E-state index contributed by atoms with van der Waals surface area (Å²) in [6.07, 6.45) is 0. The summed E-state index contributed by atoms with van der Waals surface area (Å²) < 4.78 is 2.45. The van der Waals surface area contributed by atoms with Crippen molar-refractivity contribution in [2.45, 2.75) is 5.41 Å². The van der Waals surface area contributed by atoms with Crippen LogP contribution in [0.5, 0.6) is 0 Å². The van der Waals surface area contributed by atoms with E-state index in [2.05, 4.69) is 276 Å². The molecule has 12 aromatic rings. The molecule has 0 unspecified atom stereocenters. The first-order valence-electron chi connectivity index (χ1n) is 23.2. The SMILES string of the molecule is c1ccc(-c2ccc(N(c3ccc(-c4ccc5c(c4)c4ccccc4n5-c4ccc5c(c4)-c4ccccc4C5(c4ccccc4)c4ccccc4)cc3)c3ccc4ccccc4c3)cc2)cc1. The fraction of sp³-hybridized carbons (Fsp3) is 0.0154. The summed E-state index contributed by atoms with van der Waals surface area (Å²) in [5, 5.41) is 4.91. The van der Waals surface area contributed by atoms with Gasteiger partial charge in [0.15, 0.2) is 0 Å². The van der Waals surface area contributed by atoms with Gasteiger partial charge in [-0.3, -0.25) is 0 Å². The summed E-state index contributed by atoms with van der Waals surface area (Å²) in [6.45, 7) is 0. The minimum absolute atomic E-state index is 0.433. The van der Waals surface area contributed by atoms with Crippen LogP contribution >= 0.6 is 0 Å². The van der Waals surface area contributed by atoms with Crippen molar-refractivity contribution in [1.82, 2.24) is 4.57 Å². The van der Waals surface area contributed by atoms with Gasteiger partial charge in [-0.25, -0.2) is 0 Å². The van der Waals surface area contributed by atoms with Crippen molar-refractivity contribution >= 4 is 49.6 Å². The molecule has 0 saturated heterocycles. The Hall–Kier alpha value is -8.72. The number of fused-ring (bicyclic) bond motifs is 7. The minimum Gasteiger partial charge on any atom is -0.310 e. The summed E-state index contributed by atoms with van der Waals surface area (Å²) in [6, 6.07) is 97.9. The maximum absolute atomic E-state index is 2.45. The Morgan fingerprint density at radius 1 is 0.299 bits per heavy atom. The van der Waals surface area contributed by atoms with Gasteiger partial charge < -0.3 is 9.47 Å². The quantitative estimate of drug-likeness (QED) is 0.148. The van der Waals surface area contributed by atoms with Gasteiger partial charge in [0.2, 0.25) is 0 Å². The lowest BCUT2D eigenvalue weighted by atomic mass is 9.68. The van der Waals surface area contributed by atoms with E-state index in [9.17, 15) is 0 Å². The minimum atomic E-state index is -0.433.